The largest absolute Gasteiger partial charge is 0.497 e. The first-order valence-electron chi connectivity index (χ1n) is 8.74. The van der Waals surface area contributed by atoms with Gasteiger partial charge in [0, 0.05) is 23.0 Å². The molecule has 0 saturated carbocycles. The van der Waals surface area contributed by atoms with E-state index >= 15 is 0 Å². The average molecular weight is 397 g/mol. The van der Waals surface area contributed by atoms with Gasteiger partial charge in [0.1, 0.15) is 17.3 Å². The molecule has 3 rings (SSSR count). The maximum atomic E-state index is 13.3. The Morgan fingerprint density at radius 3 is 2.31 bits per heavy atom. The van der Waals surface area contributed by atoms with Crippen LogP contribution in [0.4, 0.5) is 10.1 Å². The van der Waals surface area contributed by atoms with Crippen LogP contribution in [0.2, 0.25) is 0 Å². The number of esters is 1. The van der Waals surface area contributed by atoms with Gasteiger partial charge >= 0.3 is 5.97 Å². The number of methoxy groups -OCH3 is 3. The van der Waals surface area contributed by atoms with Crippen LogP contribution < -0.4 is 14.4 Å². The second kappa shape index (κ2) is 8.18. The van der Waals surface area contributed by atoms with Crippen molar-refractivity contribution < 1.29 is 28.2 Å². The molecule has 2 aromatic rings. The van der Waals surface area contributed by atoms with Gasteiger partial charge in [-0.2, -0.15) is 0 Å². The molecule has 0 N–H and O–H groups in total. The van der Waals surface area contributed by atoms with Crippen LogP contribution >= 0.6 is 0 Å². The van der Waals surface area contributed by atoms with Crippen molar-refractivity contribution >= 4 is 23.6 Å². The third-order valence-corrected chi connectivity index (χ3v) is 4.61. The molecule has 29 heavy (non-hydrogen) atoms. The maximum absolute atomic E-state index is 13.3. The van der Waals surface area contributed by atoms with Crippen LogP contribution in [0.25, 0.3) is 6.08 Å². The van der Waals surface area contributed by atoms with Crippen LogP contribution in [-0.4, -0.2) is 33.2 Å². The first kappa shape index (κ1) is 20.1. The van der Waals surface area contributed by atoms with Crippen LogP contribution in [0.3, 0.4) is 0 Å². The van der Waals surface area contributed by atoms with E-state index in [1.165, 1.54) is 50.5 Å². The van der Waals surface area contributed by atoms with Gasteiger partial charge in [-0.15, -0.1) is 0 Å². The van der Waals surface area contributed by atoms with Crippen molar-refractivity contribution in [3.05, 3.63) is 70.7 Å². The Morgan fingerprint density at radius 2 is 1.72 bits per heavy atom. The zero-order valence-corrected chi connectivity index (χ0v) is 16.5. The number of benzene rings is 2. The topological polar surface area (TPSA) is 65.1 Å². The molecule has 0 fully saturated rings. The summed E-state index contributed by atoms with van der Waals surface area (Å²) in [7, 11) is 4.29. The number of ether oxygens (including phenoxy) is 3. The summed E-state index contributed by atoms with van der Waals surface area (Å²) in [6, 6.07) is 10.6. The molecule has 2 aromatic carbocycles. The third-order valence-electron chi connectivity index (χ3n) is 4.61. The van der Waals surface area contributed by atoms with Gasteiger partial charge in [0.25, 0.3) is 5.91 Å². The predicted molar refractivity (Wildman–Crippen MR) is 106 cm³/mol. The number of allylic oxidation sites excluding steroid dienone is 1. The summed E-state index contributed by atoms with van der Waals surface area (Å²) in [5.41, 5.74) is 1.72. The standard InChI is InChI=1S/C22H20FNO5/c1-13-20(22(26)29-4)18(11-14-5-10-17(27-2)12-19(14)28-3)21(25)24(13)16-8-6-15(23)7-9-16/h5-12H,1-4H3/b18-11-. The molecule has 7 heteroatoms. The van der Waals surface area contributed by atoms with Crippen molar-refractivity contribution in [2.45, 2.75) is 6.92 Å². The summed E-state index contributed by atoms with van der Waals surface area (Å²) in [5, 5.41) is 0. The Hall–Kier alpha value is -3.61. The Morgan fingerprint density at radius 1 is 1.03 bits per heavy atom. The van der Waals surface area contributed by atoms with Crippen molar-refractivity contribution in [3.8, 4) is 11.5 Å². The van der Waals surface area contributed by atoms with Crippen molar-refractivity contribution in [2.24, 2.45) is 0 Å². The summed E-state index contributed by atoms with van der Waals surface area (Å²) >= 11 is 0. The minimum atomic E-state index is -0.640. The van der Waals surface area contributed by atoms with Gasteiger partial charge in [0.2, 0.25) is 0 Å². The first-order chi connectivity index (χ1) is 13.9. The minimum absolute atomic E-state index is 0.139. The number of carbonyl (C=O) groups excluding carboxylic acids is 2. The fraction of sp³-hybridized carbons (Fsp3) is 0.182. The summed E-state index contributed by atoms with van der Waals surface area (Å²) in [5.74, 6) is -0.415. The molecule has 0 radical (unpaired) electrons. The molecule has 0 saturated heterocycles. The van der Waals surface area contributed by atoms with Crippen LogP contribution in [0, 0.1) is 5.82 Å². The quantitative estimate of drug-likeness (QED) is 0.568. The van der Waals surface area contributed by atoms with Gasteiger partial charge in [-0.3, -0.25) is 9.69 Å². The van der Waals surface area contributed by atoms with Crippen LogP contribution in [0.5, 0.6) is 11.5 Å². The van der Waals surface area contributed by atoms with Crippen LogP contribution in [0.15, 0.2) is 59.3 Å². The molecule has 1 aliphatic rings. The third kappa shape index (κ3) is 3.71. The van der Waals surface area contributed by atoms with Gasteiger partial charge in [0.15, 0.2) is 0 Å². The molecule has 0 bridgehead atoms. The highest BCUT2D eigenvalue weighted by Crippen LogP contribution is 2.37. The number of rotatable bonds is 5. The van der Waals surface area contributed by atoms with E-state index < -0.39 is 17.7 Å². The number of carbonyl (C=O) groups is 2. The molecule has 150 valence electrons. The number of halogens is 1. The highest BCUT2D eigenvalue weighted by Gasteiger charge is 2.38. The van der Waals surface area contributed by atoms with E-state index in [4.69, 9.17) is 14.2 Å². The van der Waals surface area contributed by atoms with Crippen LogP contribution in [-0.2, 0) is 14.3 Å². The molecular formula is C22H20FNO5. The Bertz CT molecular complexity index is 1020. The van der Waals surface area contributed by atoms with Gasteiger partial charge in [-0.05, 0) is 49.4 Å². The lowest BCUT2D eigenvalue weighted by molar-refractivity contribution is -0.136. The lowest BCUT2D eigenvalue weighted by atomic mass is 10.0. The van der Waals surface area contributed by atoms with Gasteiger partial charge < -0.3 is 14.2 Å². The summed E-state index contributed by atoms with van der Waals surface area (Å²) in [6.45, 7) is 1.64. The highest BCUT2D eigenvalue weighted by molar-refractivity contribution is 6.23. The molecule has 0 aliphatic carbocycles. The molecule has 0 aromatic heterocycles. The van der Waals surface area contributed by atoms with E-state index in [-0.39, 0.29) is 11.1 Å². The molecule has 1 heterocycles. The lowest BCUT2D eigenvalue weighted by Crippen LogP contribution is -2.24. The Kier molecular flexibility index (Phi) is 5.68. The second-order valence-electron chi connectivity index (χ2n) is 6.23. The summed E-state index contributed by atoms with van der Waals surface area (Å²) in [4.78, 5) is 27.0. The SMILES string of the molecule is COC(=O)C1=C(C)N(c2ccc(F)cc2)C(=O)/C1=C\c1ccc(OC)cc1OC. The number of anilines is 1. The lowest BCUT2D eigenvalue weighted by Gasteiger charge is -2.17. The molecule has 1 aliphatic heterocycles. The maximum Gasteiger partial charge on any atom is 0.340 e. The normalized spacial score (nSPS) is 15.1. The molecule has 0 atom stereocenters. The van der Waals surface area contributed by atoms with E-state index in [1.54, 1.807) is 31.2 Å². The van der Waals surface area contributed by atoms with Crippen molar-refractivity contribution in [3.63, 3.8) is 0 Å². The Balaban J connectivity index is 2.15. The van der Waals surface area contributed by atoms with Gasteiger partial charge in [-0.1, -0.05) is 0 Å². The molecule has 6 nitrogen and oxygen atoms in total. The Labute approximate surface area is 167 Å². The average Bonchev–Trinajstić information content (AvgIpc) is 2.98. The second-order valence-corrected chi connectivity index (χ2v) is 6.23. The molecule has 0 spiro atoms. The van der Waals surface area contributed by atoms with Gasteiger partial charge in [-0.25, -0.2) is 9.18 Å². The molecule has 0 unspecified atom stereocenters. The van der Waals surface area contributed by atoms with E-state index in [2.05, 4.69) is 0 Å². The number of hydrogen-bond acceptors (Lipinski definition) is 5. The number of hydrogen-bond donors (Lipinski definition) is 0. The van der Waals surface area contributed by atoms with Crippen molar-refractivity contribution in [1.82, 2.24) is 0 Å². The van der Waals surface area contributed by atoms with E-state index in [0.29, 0.717) is 28.4 Å². The minimum Gasteiger partial charge on any atom is -0.497 e. The van der Waals surface area contributed by atoms with E-state index in [0.717, 1.165) is 0 Å². The summed E-state index contributed by atoms with van der Waals surface area (Å²) in [6.07, 6.45) is 1.57. The fourth-order valence-electron chi connectivity index (χ4n) is 3.17. The monoisotopic (exact) mass is 397 g/mol. The smallest absolute Gasteiger partial charge is 0.340 e. The van der Waals surface area contributed by atoms with Crippen LogP contribution in [0.1, 0.15) is 12.5 Å². The van der Waals surface area contributed by atoms with Crippen molar-refractivity contribution in [2.75, 3.05) is 26.2 Å². The van der Waals surface area contributed by atoms with E-state index in [9.17, 15) is 14.0 Å². The number of nitrogens with zero attached hydrogens (tertiary/aromatic N) is 1. The fourth-order valence-corrected chi connectivity index (χ4v) is 3.17. The van der Waals surface area contributed by atoms with Crippen molar-refractivity contribution in [1.29, 1.82) is 0 Å². The molecular weight excluding hydrogens is 377 g/mol. The predicted octanol–water partition coefficient (Wildman–Crippen LogP) is 3.72. The highest BCUT2D eigenvalue weighted by atomic mass is 19.1. The zero-order valence-electron chi connectivity index (χ0n) is 16.5. The zero-order chi connectivity index (χ0) is 21.1. The van der Waals surface area contributed by atoms with E-state index in [1.807, 2.05) is 0 Å². The van der Waals surface area contributed by atoms with Gasteiger partial charge in [0.05, 0.1) is 32.5 Å². The first-order valence-corrected chi connectivity index (χ1v) is 8.74. The molecule has 1 amide bonds. The number of amides is 1. The summed E-state index contributed by atoms with van der Waals surface area (Å²) < 4.78 is 28.8.